The van der Waals surface area contributed by atoms with Crippen LogP contribution in [0, 0.1) is 0 Å². The maximum absolute atomic E-state index is 12.7. The van der Waals surface area contributed by atoms with Gasteiger partial charge >= 0.3 is 0 Å². The first kappa shape index (κ1) is 21.1. The number of pyridine rings is 1. The molecular weight excluding hydrogens is 432 g/mol. The van der Waals surface area contributed by atoms with Gasteiger partial charge in [0.05, 0.1) is 17.9 Å². The molecule has 0 bridgehead atoms. The molecule has 0 aliphatic carbocycles. The molecular formula is C25H20N6O3. The molecule has 34 heavy (non-hydrogen) atoms. The third-order valence-electron chi connectivity index (χ3n) is 5.32. The lowest BCUT2D eigenvalue weighted by Gasteiger charge is -2.29. The van der Waals surface area contributed by atoms with Gasteiger partial charge in [-0.15, -0.1) is 0 Å². The molecule has 4 aromatic rings. The maximum Gasteiger partial charge on any atom is 0.265 e. The van der Waals surface area contributed by atoms with Gasteiger partial charge in [-0.25, -0.2) is 9.97 Å². The van der Waals surface area contributed by atoms with Crippen LogP contribution in [0.15, 0.2) is 79.3 Å². The van der Waals surface area contributed by atoms with Crippen molar-refractivity contribution in [2.45, 2.75) is 6.54 Å². The van der Waals surface area contributed by atoms with Gasteiger partial charge in [0.25, 0.3) is 5.91 Å². The molecule has 2 amide bonds. The highest BCUT2D eigenvalue weighted by atomic mass is 16.5. The normalized spacial score (nSPS) is 12.6. The SMILES string of the molecule is NC(=O)c1cccc(Nc2nccc(-c3ccc4c(c3)N(Cc3cccnc3)C(=O)CO4)n2)c1. The molecule has 0 atom stereocenters. The minimum Gasteiger partial charge on any atom is -0.482 e. The maximum atomic E-state index is 12.7. The lowest BCUT2D eigenvalue weighted by molar-refractivity contribution is -0.121. The lowest BCUT2D eigenvalue weighted by atomic mass is 10.1. The van der Waals surface area contributed by atoms with Crippen molar-refractivity contribution in [2.75, 3.05) is 16.8 Å². The highest BCUT2D eigenvalue weighted by Crippen LogP contribution is 2.36. The molecule has 0 spiro atoms. The van der Waals surface area contributed by atoms with Crippen LogP contribution in [0.25, 0.3) is 11.3 Å². The molecule has 0 saturated carbocycles. The van der Waals surface area contributed by atoms with Gasteiger partial charge in [0.2, 0.25) is 11.9 Å². The monoisotopic (exact) mass is 452 g/mol. The summed E-state index contributed by atoms with van der Waals surface area (Å²) in [7, 11) is 0. The van der Waals surface area contributed by atoms with Crippen molar-refractivity contribution in [3.63, 3.8) is 0 Å². The van der Waals surface area contributed by atoms with Gasteiger partial charge in [-0.2, -0.15) is 0 Å². The fraction of sp³-hybridized carbons (Fsp3) is 0.0800. The van der Waals surface area contributed by atoms with Crippen LogP contribution in [-0.4, -0.2) is 33.4 Å². The van der Waals surface area contributed by atoms with Crippen molar-refractivity contribution < 1.29 is 14.3 Å². The Balaban J connectivity index is 1.44. The first-order chi connectivity index (χ1) is 16.6. The number of nitrogens with two attached hydrogens (primary N) is 1. The van der Waals surface area contributed by atoms with Gasteiger partial charge in [0.15, 0.2) is 6.61 Å². The predicted octanol–water partition coefficient (Wildman–Crippen LogP) is 3.31. The first-order valence-corrected chi connectivity index (χ1v) is 10.5. The number of anilines is 3. The molecule has 0 fully saturated rings. The number of fused-ring (bicyclic) bond motifs is 1. The summed E-state index contributed by atoms with van der Waals surface area (Å²) in [5.41, 5.74) is 9.42. The van der Waals surface area contributed by atoms with Crippen LogP contribution >= 0.6 is 0 Å². The minimum absolute atomic E-state index is 0.0153. The summed E-state index contributed by atoms with van der Waals surface area (Å²) in [5.74, 6) is 0.340. The zero-order valence-corrected chi connectivity index (χ0v) is 18.0. The van der Waals surface area contributed by atoms with Gasteiger partial charge < -0.3 is 20.7 Å². The molecule has 3 heterocycles. The van der Waals surface area contributed by atoms with Gasteiger partial charge in [-0.05, 0) is 54.1 Å². The van der Waals surface area contributed by atoms with Crippen LogP contribution in [0.1, 0.15) is 15.9 Å². The van der Waals surface area contributed by atoms with Crippen LogP contribution in [0.3, 0.4) is 0 Å². The molecule has 0 saturated heterocycles. The molecule has 2 aromatic carbocycles. The number of ether oxygens (including phenoxy) is 1. The zero-order valence-electron chi connectivity index (χ0n) is 18.0. The Hall–Kier alpha value is -4.79. The molecule has 9 heteroatoms. The number of rotatable bonds is 6. The van der Waals surface area contributed by atoms with Crippen molar-refractivity contribution in [1.82, 2.24) is 15.0 Å². The minimum atomic E-state index is -0.514. The molecule has 5 rings (SSSR count). The van der Waals surface area contributed by atoms with Crippen molar-refractivity contribution in [3.05, 3.63) is 90.4 Å². The molecule has 1 aliphatic heterocycles. The summed E-state index contributed by atoms with van der Waals surface area (Å²) in [5, 5.41) is 3.09. The van der Waals surface area contributed by atoms with E-state index in [1.165, 1.54) is 0 Å². The van der Waals surface area contributed by atoms with Crippen LogP contribution < -0.4 is 20.7 Å². The van der Waals surface area contributed by atoms with E-state index in [1.54, 1.807) is 53.8 Å². The van der Waals surface area contributed by atoms with Crippen LogP contribution in [0.5, 0.6) is 5.75 Å². The third-order valence-corrected chi connectivity index (χ3v) is 5.32. The molecule has 9 nitrogen and oxygen atoms in total. The second-order valence-electron chi connectivity index (χ2n) is 7.65. The van der Waals surface area contributed by atoms with Crippen LogP contribution in [0.4, 0.5) is 17.3 Å². The third kappa shape index (κ3) is 4.40. The van der Waals surface area contributed by atoms with Crippen molar-refractivity contribution in [3.8, 4) is 17.0 Å². The number of carbonyl (C=O) groups excluding carboxylic acids is 2. The largest absolute Gasteiger partial charge is 0.482 e. The Morgan fingerprint density at radius 1 is 1.09 bits per heavy atom. The molecule has 3 N–H and O–H groups in total. The summed E-state index contributed by atoms with van der Waals surface area (Å²) >= 11 is 0. The molecule has 0 unspecified atom stereocenters. The van der Waals surface area contributed by atoms with Gasteiger partial charge in [0, 0.05) is 35.4 Å². The van der Waals surface area contributed by atoms with E-state index in [0.29, 0.717) is 40.9 Å². The Morgan fingerprint density at radius 2 is 2.00 bits per heavy atom. The number of hydrogen-bond donors (Lipinski definition) is 2. The quantitative estimate of drug-likeness (QED) is 0.460. The van der Waals surface area contributed by atoms with Crippen molar-refractivity contribution in [2.24, 2.45) is 5.73 Å². The number of nitrogens with one attached hydrogen (secondary N) is 1. The fourth-order valence-corrected chi connectivity index (χ4v) is 3.67. The van der Waals surface area contributed by atoms with E-state index in [2.05, 4.69) is 20.3 Å². The molecule has 168 valence electrons. The zero-order chi connectivity index (χ0) is 23.5. The summed E-state index contributed by atoms with van der Waals surface area (Å²) < 4.78 is 5.64. The van der Waals surface area contributed by atoms with Crippen molar-refractivity contribution in [1.29, 1.82) is 0 Å². The average molecular weight is 452 g/mol. The predicted molar refractivity (Wildman–Crippen MR) is 127 cm³/mol. The highest BCUT2D eigenvalue weighted by molar-refractivity contribution is 5.98. The Bertz CT molecular complexity index is 1380. The second kappa shape index (κ2) is 8.99. The van der Waals surface area contributed by atoms with Gasteiger partial charge in [-0.3, -0.25) is 14.6 Å². The smallest absolute Gasteiger partial charge is 0.265 e. The molecule has 1 aliphatic rings. The summed E-state index contributed by atoms with van der Waals surface area (Å²) in [6, 6.07) is 17.9. The fourth-order valence-electron chi connectivity index (χ4n) is 3.67. The Morgan fingerprint density at radius 3 is 2.82 bits per heavy atom. The van der Waals surface area contributed by atoms with E-state index in [0.717, 1.165) is 11.1 Å². The lowest BCUT2D eigenvalue weighted by Crippen LogP contribution is -2.38. The standard InChI is InChI=1S/C25H20N6O3/c26-24(33)18-4-1-5-19(11-18)29-25-28-10-8-20(30-25)17-6-7-22-21(12-17)31(23(32)15-34-22)14-16-3-2-9-27-13-16/h1-13H,14-15H2,(H2,26,33)(H,28,29,30). The van der Waals surface area contributed by atoms with Crippen molar-refractivity contribution >= 4 is 29.1 Å². The number of benzene rings is 2. The van der Waals surface area contributed by atoms with Crippen LogP contribution in [0.2, 0.25) is 0 Å². The van der Waals surface area contributed by atoms with E-state index in [-0.39, 0.29) is 12.5 Å². The Kier molecular flexibility index (Phi) is 5.57. The number of amides is 2. The summed E-state index contributed by atoms with van der Waals surface area (Å²) in [4.78, 5) is 38.8. The Labute approximate surface area is 195 Å². The van der Waals surface area contributed by atoms with Gasteiger partial charge in [-0.1, -0.05) is 12.1 Å². The van der Waals surface area contributed by atoms with Gasteiger partial charge in [0.1, 0.15) is 5.75 Å². The van der Waals surface area contributed by atoms with E-state index in [1.807, 2.05) is 30.3 Å². The summed E-state index contributed by atoms with van der Waals surface area (Å²) in [6.45, 7) is 0.373. The molecule has 2 aromatic heterocycles. The van der Waals surface area contributed by atoms with E-state index in [9.17, 15) is 9.59 Å². The summed E-state index contributed by atoms with van der Waals surface area (Å²) in [6.07, 6.45) is 5.07. The van der Waals surface area contributed by atoms with E-state index >= 15 is 0 Å². The number of primary amides is 1. The number of carbonyl (C=O) groups is 2. The topological polar surface area (TPSA) is 123 Å². The number of hydrogen-bond acceptors (Lipinski definition) is 7. The van der Waals surface area contributed by atoms with E-state index < -0.39 is 5.91 Å². The second-order valence-corrected chi connectivity index (χ2v) is 7.65. The highest BCUT2D eigenvalue weighted by Gasteiger charge is 2.26. The van der Waals surface area contributed by atoms with E-state index in [4.69, 9.17) is 10.5 Å². The number of aromatic nitrogens is 3. The van der Waals surface area contributed by atoms with Crippen LogP contribution in [-0.2, 0) is 11.3 Å². The molecule has 0 radical (unpaired) electrons. The average Bonchev–Trinajstić information content (AvgIpc) is 2.86. The first-order valence-electron chi connectivity index (χ1n) is 10.5. The number of nitrogens with zero attached hydrogens (tertiary/aromatic N) is 4.